The van der Waals surface area contributed by atoms with E-state index in [-0.39, 0.29) is 0 Å². The van der Waals surface area contributed by atoms with E-state index in [0.717, 1.165) is 18.0 Å². The highest BCUT2D eigenvalue weighted by atomic mass is 32.2. The monoisotopic (exact) mass is 304 g/mol. The molecule has 2 rings (SSSR count). The average Bonchev–Trinajstić information content (AvgIpc) is 2.82. The van der Waals surface area contributed by atoms with E-state index in [1.54, 1.807) is 11.1 Å². The van der Waals surface area contributed by atoms with Crippen LogP contribution in [0, 0.1) is 0 Å². The minimum Gasteiger partial charge on any atom is -0.330 e. The highest BCUT2D eigenvalue weighted by Crippen LogP contribution is 2.21. The first-order valence-corrected chi connectivity index (χ1v) is 8.56. The predicted molar refractivity (Wildman–Crippen MR) is 76.5 cm³/mol. The van der Waals surface area contributed by atoms with Gasteiger partial charge >= 0.3 is 0 Å². The summed E-state index contributed by atoms with van der Waals surface area (Å²) in [6.45, 7) is 3.68. The molecule has 3 N–H and O–H groups in total. The maximum absolute atomic E-state index is 12.2. The van der Waals surface area contributed by atoms with Gasteiger partial charge in [-0.3, -0.25) is 0 Å². The Morgan fingerprint density at radius 1 is 1.32 bits per heavy atom. The van der Waals surface area contributed by atoms with Gasteiger partial charge in [-0.1, -0.05) is 0 Å². The molecule has 108 valence electrons. The normalized spacial score (nSPS) is 18.8. The van der Waals surface area contributed by atoms with Crippen molar-refractivity contribution in [3.63, 3.8) is 0 Å². The third kappa shape index (κ3) is 3.98. The van der Waals surface area contributed by atoms with Gasteiger partial charge in [-0.2, -0.15) is 0 Å². The summed E-state index contributed by atoms with van der Waals surface area (Å²) < 4.78 is 24.8. The average molecular weight is 304 g/mol. The molecular weight excluding hydrogens is 284 g/mol. The van der Waals surface area contributed by atoms with E-state index in [1.807, 2.05) is 13.1 Å². The lowest BCUT2D eigenvalue weighted by Gasteiger charge is -2.31. The van der Waals surface area contributed by atoms with Crippen LogP contribution in [0.1, 0.15) is 4.88 Å². The highest BCUT2D eigenvalue weighted by molar-refractivity contribution is 7.91. The van der Waals surface area contributed by atoms with Crippen LogP contribution in [-0.4, -0.2) is 58.1 Å². The van der Waals surface area contributed by atoms with Crippen molar-refractivity contribution in [1.29, 1.82) is 0 Å². The second-order valence-electron chi connectivity index (χ2n) is 4.64. The molecule has 8 heteroatoms. The van der Waals surface area contributed by atoms with E-state index < -0.39 is 10.0 Å². The molecule has 1 aromatic rings. The van der Waals surface area contributed by atoms with Crippen molar-refractivity contribution in [3.8, 4) is 0 Å². The Hall–Kier alpha value is -0.510. The Labute approximate surface area is 118 Å². The maximum atomic E-state index is 12.2. The Kier molecular flexibility index (Phi) is 4.93. The molecule has 0 spiro atoms. The first-order chi connectivity index (χ1) is 9.01. The van der Waals surface area contributed by atoms with Gasteiger partial charge in [0.05, 0.1) is 0 Å². The fourth-order valence-corrected chi connectivity index (χ4v) is 4.37. The third-order valence-corrected chi connectivity index (χ3v) is 6.06. The van der Waals surface area contributed by atoms with Crippen LogP contribution in [-0.2, 0) is 16.4 Å². The van der Waals surface area contributed by atoms with E-state index in [9.17, 15) is 8.42 Å². The summed E-state index contributed by atoms with van der Waals surface area (Å²) in [5.41, 5.74) is 5.47. The SMILES string of the molecule is CN1CCN(NS(=O)(=O)c2ccc(CCN)s2)CC1. The second kappa shape index (κ2) is 6.29. The van der Waals surface area contributed by atoms with Gasteiger partial charge in [0.1, 0.15) is 4.21 Å². The standard InChI is InChI=1S/C11H20N4O2S2/c1-14-6-8-15(9-7-14)13-19(16,17)11-3-2-10(18-11)4-5-12/h2-3,13H,4-9,12H2,1H3. The molecule has 1 aromatic heterocycles. The molecule has 0 amide bonds. The number of hydrogen-bond donors (Lipinski definition) is 2. The Morgan fingerprint density at radius 2 is 2.00 bits per heavy atom. The molecule has 1 fully saturated rings. The molecule has 0 atom stereocenters. The first kappa shape index (κ1) is 14.9. The molecule has 0 aromatic carbocycles. The quantitative estimate of drug-likeness (QED) is 0.780. The highest BCUT2D eigenvalue weighted by Gasteiger charge is 2.22. The Balaban J connectivity index is 2.01. The van der Waals surface area contributed by atoms with Gasteiger partial charge < -0.3 is 10.6 Å². The van der Waals surface area contributed by atoms with Crippen LogP contribution < -0.4 is 10.6 Å². The zero-order chi connectivity index (χ0) is 13.9. The summed E-state index contributed by atoms with van der Waals surface area (Å²) in [6, 6.07) is 3.48. The smallest absolute Gasteiger partial charge is 0.262 e. The molecule has 1 aliphatic heterocycles. The third-order valence-electron chi connectivity index (χ3n) is 3.05. The van der Waals surface area contributed by atoms with Crippen molar-refractivity contribution in [1.82, 2.24) is 14.7 Å². The molecule has 0 radical (unpaired) electrons. The number of thiophene rings is 1. The Bertz CT molecular complexity index is 507. The summed E-state index contributed by atoms with van der Waals surface area (Å²) in [5.74, 6) is 0. The van der Waals surface area contributed by atoms with Crippen LogP contribution in [0.15, 0.2) is 16.3 Å². The van der Waals surface area contributed by atoms with Crippen molar-refractivity contribution in [3.05, 3.63) is 17.0 Å². The van der Waals surface area contributed by atoms with Crippen LogP contribution in [0.5, 0.6) is 0 Å². The number of rotatable bonds is 5. The molecule has 0 bridgehead atoms. The number of piperazine rings is 1. The zero-order valence-electron chi connectivity index (χ0n) is 11.0. The number of nitrogens with zero attached hydrogens (tertiary/aromatic N) is 2. The van der Waals surface area contributed by atoms with E-state index in [4.69, 9.17) is 5.73 Å². The van der Waals surface area contributed by atoms with Crippen LogP contribution in [0.3, 0.4) is 0 Å². The van der Waals surface area contributed by atoms with Crippen LogP contribution in [0.2, 0.25) is 0 Å². The van der Waals surface area contributed by atoms with Crippen LogP contribution in [0.4, 0.5) is 0 Å². The van der Waals surface area contributed by atoms with Gasteiger partial charge in [0.2, 0.25) is 0 Å². The Morgan fingerprint density at radius 3 is 2.63 bits per heavy atom. The van der Waals surface area contributed by atoms with E-state index >= 15 is 0 Å². The van der Waals surface area contributed by atoms with Gasteiger partial charge in [0.25, 0.3) is 10.0 Å². The largest absolute Gasteiger partial charge is 0.330 e. The lowest BCUT2D eigenvalue weighted by molar-refractivity contribution is 0.135. The molecule has 0 unspecified atom stereocenters. The maximum Gasteiger partial charge on any atom is 0.262 e. The molecule has 6 nitrogen and oxygen atoms in total. The number of likely N-dealkylation sites (N-methyl/N-ethyl adjacent to an activating group) is 1. The van der Waals surface area contributed by atoms with Crippen molar-refractivity contribution in [2.24, 2.45) is 5.73 Å². The van der Waals surface area contributed by atoms with Gasteiger partial charge in [-0.05, 0) is 32.1 Å². The molecular formula is C11H20N4O2S2. The number of nitrogens with one attached hydrogen (secondary N) is 1. The molecule has 1 saturated heterocycles. The van der Waals surface area contributed by atoms with E-state index in [1.165, 1.54) is 11.3 Å². The van der Waals surface area contributed by atoms with Crippen molar-refractivity contribution < 1.29 is 8.42 Å². The van der Waals surface area contributed by atoms with Gasteiger partial charge in [0.15, 0.2) is 0 Å². The summed E-state index contributed by atoms with van der Waals surface area (Å²) in [6.07, 6.45) is 0.717. The molecule has 1 aliphatic rings. The molecule has 0 saturated carbocycles. The van der Waals surface area contributed by atoms with Crippen molar-refractivity contribution in [2.45, 2.75) is 10.6 Å². The lowest BCUT2D eigenvalue weighted by Crippen LogP contribution is -2.52. The van der Waals surface area contributed by atoms with E-state index in [2.05, 4.69) is 9.73 Å². The number of sulfonamides is 1. The number of nitrogens with two attached hydrogens (primary N) is 1. The summed E-state index contributed by atoms with van der Waals surface area (Å²) in [7, 11) is -1.41. The zero-order valence-corrected chi connectivity index (χ0v) is 12.6. The van der Waals surface area contributed by atoms with Crippen LogP contribution >= 0.6 is 11.3 Å². The first-order valence-electron chi connectivity index (χ1n) is 6.26. The van der Waals surface area contributed by atoms with Crippen molar-refractivity contribution in [2.75, 3.05) is 39.8 Å². The van der Waals surface area contributed by atoms with Gasteiger partial charge in [-0.15, -0.1) is 16.2 Å². The van der Waals surface area contributed by atoms with Crippen LogP contribution in [0.25, 0.3) is 0 Å². The summed E-state index contributed by atoms with van der Waals surface area (Å²) >= 11 is 1.29. The number of hydrazine groups is 1. The molecule has 0 aliphatic carbocycles. The lowest BCUT2D eigenvalue weighted by atomic mass is 10.3. The minimum atomic E-state index is -3.44. The van der Waals surface area contributed by atoms with E-state index in [0.29, 0.717) is 30.3 Å². The number of hydrogen-bond acceptors (Lipinski definition) is 6. The minimum absolute atomic E-state index is 0.356. The summed E-state index contributed by atoms with van der Waals surface area (Å²) in [4.78, 5) is 5.82. The van der Waals surface area contributed by atoms with Crippen molar-refractivity contribution >= 4 is 21.4 Å². The van der Waals surface area contributed by atoms with Gasteiger partial charge in [-0.25, -0.2) is 13.4 Å². The fourth-order valence-electron chi connectivity index (χ4n) is 1.89. The predicted octanol–water partition coefficient (Wildman–Crippen LogP) is -0.310. The summed E-state index contributed by atoms with van der Waals surface area (Å²) in [5, 5.41) is 1.76. The van der Waals surface area contributed by atoms with Gasteiger partial charge in [0, 0.05) is 31.1 Å². The topological polar surface area (TPSA) is 78.7 Å². The fraction of sp³-hybridized carbons (Fsp3) is 0.636. The molecule has 19 heavy (non-hydrogen) atoms. The second-order valence-corrected chi connectivity index (χ2v) is 7.70. The molecule has 2 heterocycles.